The number of hydrogen-bond acceptors (Lipinski definition) is 5. The zero-order valence-corrected chi connectivity index (χ0v) is 11.1. The maximum atomic E-state index is 11.8. The fourth-order valence-electron chi connectivity index (χ4n) is 1.52. The molecule has 18 heavy (non-hydrogen) atoms. The summed E-state index contributed by atoms with van der Waals surface area (Å²) < 4.78 is 7.12. The Hall–Kier alpha value is -1.76. The molecule has 0 aliphatic heterocycles. The largest absolute Gasteiger partial charge is 0.440 e. The molecule has 0 aliphatic carbocycles. The number of aromatic nitrogens is 3. The zero-order valence-electron chi connectivity index (χ0n) is 10.2. The van der Waals surface area contributed by atoms with E-state index < -0.39 is 0 Å². The van der Waals surface area contributed by atoms with Gasteiger partial charge in [-0.15, -0.1) is 0 Å². The minimum Gasteiger partial charge on any atom is -0.440 e. The predicted octanol–water partition coefficient (Wildman–Crippen LogP) is 1.04. The van der Waals surface area contributed by atoms with Crippen molar-refractivity contribution in [3.63, 3.8) is 0 Å². The molecule has 1 amide bonds. The Kier molecular flexibility index (Phi) is 3.71. The lowest BCUT2D eigenvalue weighted by Gasteiger charge is -1.98. The summed E-state index contributed by atoms with van der Waals surface area (Å²) >= 11 is 4.03. The topological polar surface area (TPSA) is 73.0 Å². The van der Waals surface area contributed by atoms with E-state index in [4.69, 9.17) is 4.42 Å². The average molecular weight is 266 g/mol. The maximum Gasteiger partial charge on any atom is 0.273 e. The zero-order chi connectivity index (χ0) is 13.1. The van der Waals surface area contributed by atoms with Crippen LogP contribution < -0.4 is 5.32 Å². The lowest BCUT2D eigenvalue weighted by atomic mass is 10.3. The van der Waals surface area contributed by atoms with Gasteiger partial charge in [-0.05, 0) is 6.92 Å². The van der Waals surface area contributed by atoms with Crippen LogP contribution in [0.3, 0.4) is 0 Å². The molecule has 0 saturated carbocycles. The normalized spacial score (nSPS) is 10.6. The molecule has 2 aromatic rings. The Morgan fingerprint density at radius 2 is 2.39 bits per heavy atom. The molecule has 0 saturated heterocycles. The van der Waals surface area contributed by atoms with E-state index in [2.05, 4.69) is 28.0 Å². The average Bonchev–Trinajstić information content (AvgIpc) is 2.92. The van der Waals surface area contributed by atoms with Gasteiger partial charge in [0.15, 0.2) is 5.69 Å². The lowest BCUT2D eigenvalue weighted by Crippen LogP contribution is -2.26. The third kappa shape index (κ3) is 2.56. The first kappa shape index (κ1) is 12.7. The second-order valence-electron chi connectivity index (χ2n) is 3.81. The molecule has 1 N–H and O–H groups in total. The number of thiol groups is 1. The van der Waals surface area contributed by atoms with Crippen LogP contribution in [-0.4, -0.2) is 33.0 Å². The monoisotopic (exact) mass is 266 g/mol. The summed E-state index contributed by atoms with van der Waals surface area (Å²) in [6.07, 6.45) is 3.42. The van der Waals surface area contributed by atoms with Crippen LogP contribution >= 0.6 is 12.6 Å². The third-order valence-corrected chi connectivity index (χ3v) is 2.58. The number of nitrogens with one attached hydrogen (secondary N) is 1. The number of aryl methyl sites for hydroxylation is 2. The summed E-state index contributed by atoms with van der Waals surface area (Å²) in [5.41, 5.74) is 1.05. The summed E-state index contributed by atoms with van der Waals surface area (Å²) in [5, 5.41) is 6.73. The second kappa shape index (κ2) is 5.26. The highest BCUT2D eigenvalue weighted by Crippen LogP contribution is 2.20. The number of amides is 1. The standard InChI is InChI=1S/C11H14N4O2S/c1-7-9(10(16)12-3-4-18)14-11(17-7)8-5-13-15(2)6-8/h5-6,18H,3-4H2,1-2H3,(H,12,16). The van der Waals surface area contributed by atoms with E-state index in [0.717, 1.165) is 5.56 Å². The molecule has 0 spiro atoms. The van der Waals surface area contributed by atoms with Crippen molar-refractivity contribution in [2.75, 3.05) is 12.3 Å². The van der Waals surface area contributed by atoms with E-state index in [1.165, 1.54) is 0 Å². The molecule has 2 aromatic heterocycles. The lowest BCUT2D eigenvalue weighted by molar-refractivity contribution is 0.0950. The molecule has 96 valence electrons. The third-order valence-electron chi connectivity index (χ3n) is 2.36. The van der Waals surface area contributed by atoms with Gasteiger partial charge < -0.3 is 9.73 Å². The highest BCUT2D eigenvalue weighted by atomic mass is 32.1. The van der Waals surface area contributed by atoms with E-state index in [-0.39, 0.29) is 5.91 Å². The summed E-state index contributed by atoms with van der Waals surface area (Å²) in [7, 11) is 1.81. The van der Waals surface area contributed by atoms with Gasteiger partial charge in [0, 0.05) is 25.5 Å². The molecule has 0 fully saturated rings. The van der Waals surface area contributed by atoms with Crippen molar-refractivity contribution in [3.8, 4) is 11.5 Å². The first-order valence-corrected chi connectivity index (χ1v) is 6.10. The Morgan fingerprint density at radius 3 is 3.00 bits per heavy atom. The van der Waals surface area contributed by atoms with Crippen LogP contribution in [-0.2, 0) is 7.05 Å². The van der Waals surface area contributed by atoms with Crippen LogP contribution in [0.5, 0.6) is 0 Å². The minimum absolute atomic E-state index is 0.250. The van der Waals surface area contributed by atoms with E-state index in [9.17, 15) is 4.79 Å². The molecule has 0 aromatic carbocycles. The fourth-order valence-corrected chi connectivity index (χ4v) is 1.63. The molecule has 0 unspecified atom stereocenters. The molecular weight excluding hydrogens is 252 g/mol. The van der Waals surface area contributed by atoms with Gasteiger partial charge in [-0.2, -0.15) is 17.7 Å². The SMILES string of the molecule is Cc1oc(-c2cnn(C)c2)nc1C(=O)NCCS. The van der Waals surface area contributed by atoms with Crippen molar-refractivity contribution in [2.45, 2.75) is 6.92 Å². The van der Waals surface area contributed by atoms with Crippen molar-refractivity contribution in [1.29, 1.82) is 0 Å². The number of rotatable bonds is 4. The molecule has 2 heterocycles. The maximum absolute atomic E-state index is 11.8. The van der Waals surface area contributed by atoms with Crippen LogP contribution in [0.25, 0.3) is 11.5 Å². The molecule has 2 rings (SSSR count). The van der Waals surface area contributed by atoms with Crippen molar-refractivity contribution in [2.24, 2.45) is 7.05 Å². The molecule has 0 bridgehead atoms. The van der Waals surface area contributed by atoms with Crippen LogP contribution in [0.15, 0.2) is 16.8 Å². The van der Waals surface area contributed by atoms with Gasteiger partial charge in [-0.25, -0.2) is 4.98 Å². The smallest absolute Gasteiger partial charge is 0.273 e. The Balaban J connectivity index is 2.24. The van der Waals surface area contributed by atoms with Gasteiger partial charge in [0.2, 0.25) is 5.89 Å². The van der Waals surface area contributed by atoms with E-state index in [1.54, 1.807) is 31.0 Å². The number of carbonyl (C=O) groups excluding carboxylic acids is 1. The molecular formula is C11H14N4O2S. The highest BCUT2D eigenvalue weighted by molar-refractivity contribution is 7.80. The van der Waals surface area contributed by atoms with Crippen LogP contribution in [0.4, 0.5) is 0 Å². The van der Waals surface area contributed by atoms with Crippen molar-refractivity contribution < 1.29 is 9.21 Å². The molecule has 0 aliphatic rings. The van der Waals surface area contributed by atoms with Gasteiger partial charge in [0.1, 0.15) is 5.76 Å². The van der Waals surface area contributed by atoms with Gasteiger partial charge >= 0.3 is 0 Å². The first-order valence-electron chi connectivity index (χ1n) is 5.47. The number of carbonyl (C=O) groups is 1. The van der Waals surface area contributed by atoms with Crippen molar-refractivity contribution in [3.05, 3.63) is 23.8 Å². The minimum atomic E-state index is -0.250. The Labute approximate surface area is 110 Å². The summed E-state index contributed by atoms with van der Waals surface area (Å²) in [5.74, 6) is 1.22. The summed E-state index contributed by atoms with van der Waals surface area (Å²) in [6.45, 7) is 2.21. The Bertz CT molecular complexity index is 561. The highest BCUT2D eigenvalue weighted by Gasteiger charge is 2.18. The summed E-state index contributed by atoms with van der Waals surface area (Å²) in [6, 6.07) is 0. The van der Waals surface area contributed by atoms with Gasteiger partial charge in [-0.3, -0.25) is 9.48 Å². The van der Waals surface area contributed by atoms with Crippen LogP contribution in [0.1, 0.15) is 16.2 Å². The van der Waals surface area contributed by atoms with E-state index in [1.807, 2.05) is 0 Å². The first-order chi connectivity index (χ1) is 8.61. The van der Waals surface area contributed by atoms with Gasteiger partial charge in [0.25, 0.3) is 5.91 Å². The number of nitrogens with zero attached hydrogens (tertiary/aromatic N) is 3. The van der Waals surface area contributed by atoms with E-state index in [0.29, 0.717) is 29.6 Å². The molecule has 6 nitrogen and oxygen atoms in total. The second-order valence-corrected chi connectivity index (χ2v) is 4.25. The number of oxazole rings is 1. The van der Waals surface area contributed by atoms with Crippen molar-refractivity contribution in [1.82, 2.24) is 20.1 Å². The number of hydrogen-bond donors (Lipinski definition) is 2. The van der Waals surface area contributed by atoms with Crippen LogP contribution in [0, 0.1) is 6.92 Å². The van der Waals surface area contributed by atoms with Gasteiger partial charge in [-0.1, -0.05) is 0 Å². The fraction of sp³-hybridized carbons (Fsp3) is 0.364. The van der Waals surface area contributed by atoms with Crippen molar-refractivity contribution >= 4 is 18.5 Å². The van der Waals surface area contributed by atoms with Gasteiger partial charge in [0.05, 0.1) is 11.8 Å². The van der Waals surface area contributed by atoms with E-state index >= 15 is 0 Å². The Morgan fingerprint density at radius 1 is 1.61 bits per heavy atom. The van der Waals surface area contributed by atoms with Crippen LogP contribution in [0.2, 0.25) is 0 Å². The molecule has 7 heteroatoms. The molecule has 0 radical (unpaired) electrons. The predicted molar refractivity (Wildman–Crippen MR) is 69.6 cm³/mol. The molecule has 0 atom stereocenters. The summed E-state index contributed by atoms with van der Waals surface area (Å²) in [4.78, 5) is 16.0. The quantitative estimate of drug-likeness (QED) is 0.811.